The molecule has 2 aromatic rings. The molecule has 1 aliphatic rings. The second kappa shape index (κ2) is 6.19. The van der Waals surface area contributed by atoms with Crippen molar-refractivity contribution in [3.05, 3.63) is 30.6 Å². The summed E-state index contributed by atoms with van der Waals surface area (Å²) < 4.78 is 56.5. The predicted molar refractivity (Wildman–Crippen MR) is 80.7 cm³/mol. The molecule has 0 unspecified atom stereocenters. The average Bonchev–Trinajstić information content (AvgIpc) is 2.46. The van der Waals surface area contributed by atoms with Gasteiger partial charge in [0, 0.05) is 22.7 Å². The van der Waals surface area contributed by atoms with Crippen LogP contribution < -0.4 is 10.6 Å². The molecule has 4 nitrogen and oxygen atoms in total. The van der Waals surface area contributed by atoms with E-state index in [9.17, 15) is 17.6 Å². The zero-order valence-electron chi connectivity index (χ0n) is 12.7. The molecule has 0 spiro atoms. The number of nitrogens with zero attached hydrogens (tertiary/aromatic N) is 2. The molecule has 0 bridgehead atoms. The Morgan fingerprint density at radius 1 is 1.09 bits per heavy atom. The van der Waals surface area contributed by atoms with Crippen molar-refractivity contribution in [2.75, 3.05) is 23.7 Å². The van der Waals surface area contributed by atoms with E-state index in [0.717, 1.165) is 4.90 Å². The van der Waals surface area contributed by atoms with Crippen LogP contribution in [0.3, 0.4) is 0 Å². The highest BCUT2D eigenvalue weighted by atomic mass is 19.3. The first-order valence-electron chi connectivity index (χ1n) is 7.10. The molecule has 0 aliphatic carbocycles. The number of hydrogen-bond acceptors (Lipinski definition) is 4. The molecule has 2 N–H and O–H groups in total. The highest BCUT2D eigenvalue weighted by Gasteiger charge is 2.51. The largest absolute Gasteiger partial charge is 0.397 e. The van der Waals surface area contributed by atoms with Crippen LogP contribution in [0.2, 0.25) is 0 Å². The lowest BCUT2D eigenvalue weighted by atomic mass is 10.1. The van der Waals surface area contributed by atoms with E-state index in [1.54, 1.807) is 12.3 Å². The van der Waals surface area contributed by atoms with Crippen LogP contribution in [0.5, 0.6) is 0 Å². The third-order valence-electron chi connectivity index (χ3n) is 3.19. The SMILES string of the molecule is CC.Nc1cncc2ccc(N3CC(F)(F)OC(F)(F)C3)cc12. The molecule has 1 aromatic heterocycles. The Hall–Kier alpha value is -2.09. The van der Waals surface area contributed by atoms with Crippen LogP contribution >= 0.6 is 0 Å². The van der Waals surface area contributed by atoms with Crippen LogP contribution in [-0.4, -0.2) is 30.3 Å². The van der Waals surface area contributed by atoms with E-state index < -0.39 is 25.3 Å². The molecule has 23 heavy (non-hydrogen) atoms. The van der Waals surface area contributed by atoms with Crippen LogP contribution in [0.15, 0.2) is 30.6 Å². The maximum Gasteiger partial charge on any atom is 0.377 e. The maximum absolute atomic E-state index is 13.3. The molecule has 1 fully saturated rings. The predicted octanol–water partition coefficient (Wildman–Crippen LogP) is 3.87. The molecule has 0 amide bonds. The van der Waals surface area contributed by atoms with Crippen LogP contribution in [0.4, 0.5) is 28.9 Å². The molecular formula is C15H17F4N3O. The Bertz CT molecular complexity index is 677. The van der Waals surface area contributed by atoms with E-state index in [-0.39, 0.29) is 5.69 Å². The first-order valence-corrected chi connectivity index (χ1v) is 7.10. The third-order valence-corrected chi connectivity index (χ3v) is 3.19. The minimum Gasteiger partial charge on any atom is -0.397 e. The summed E-state index contributed by atoms with van der Waals surface area (Å²) in [7, 11) is 0. The van der Waals surface area contributed by atoms with Crippen molar-refractivity contribution < 1.29 is 22.3 Å². The van der Waals surface area contributed by atoms with Gasteiger partial charge in [0.05, 0.1) is 11.9 Å². The molecule has 2 heterocycles. The van der Waals surface area contributed by atoms with Gasteiger partial charge in [-0.25, -0.2) is 0 Å². The number of fused-ring (bicyclic) bond motifs is 1. The number of nitrogens with two attached hydrogens (primary N) is 1. The van der Waals surface area contributed by atoms with E-state index in [1.165, 1.54) is 18.3 Å². The first kappa shape index (κ1) is 17.3. The highest BCUT2D eigenvalue weighted by molar-refractivity contribution is 5.94. The molecule has 0 saturated carbocycles. The van der Waals surface area contributed by atoms with Gasteiger partial charge in [-0.3, -0.25) is 9.72 Å². The monoisotopic (exact) mass is 331 g/mol. The second-order valence-corrected chi connectivity index (χ2v) is 4.87. The molecule has 1 aromatic carbocycles. The van der Waals surface area contributed by atoms with E-state index in [0.29, 0.717) is 16.5 Å². The fraction of sp³-hybridized carbons (Fsp3) is 0.400. The van der Waals surface area contributed by atoms with Gasteiger partial charge in [-0.05, 0) is 12.1 Å². The Labute approximate surface area is 130 Å². The Kier molecular flexibility index (Phi) is 4.65. The van der Waals surface area contributed by atoms with Crippen LogP contribution in [0.25, 0.3) is 10.8 Å². The van der Waals surface area contributed by atoms with E-state index in [1.807, 2.05) is 13.8 Å². The van der Waals surface area contributed by atoms with E-state index in [4.69, 9.17) is 5.73 Å². The molecule has 0 atom stereocenters. The molecule has 0 radical (unpaired) electrons. The Morgan fingerprint density at radius 2 is 1.70 bits per heavy atom. The summed E-state index contributed by atoms with van der Waals surface area (Å²) in [5.41, 5.74) is 6.33. The van der Waals surface area contributed by atoms with Crippen molar-refractivity contribution in [2.24, 2.45) is 0 Å². The van der Waals surface area contributed by atoms with Crippen molar-refractivity contribution in [3.8, 4) is 0 Å². The number of nitrogen functional groups attached to an aromatic ring is 1. The summed E-state index contributed by atoms with van der Waals surface area (Å²) in [5.74, 6) is 0. The van der Waals surface area contributed by atoms with Crippen LogP contribution in [0.1, 0.15) is 13.8 Å². The van der Waals surface area contributed by atoms with Crippen molar-refractivity contribution in [3.63, 3.8) is 0 Å². The summed E-state index contributed by atoms with van der Waals surface area (Å²) in [6.07, 6.45) is -4.87. The van der Waals surface area contributed by atoms with Crippen molar-refractivity contribution in [1.29, 1.82) is 0 Å². The quantitative estimate of drug-likeness (QED) is 0.806. The molecule has 1 saturated heterocycles. The van der Waals surface area contributed by atoms with E-state index >= 15 is 0 Å². The maximum atomic E-state index is 13.3. The summed E-state index contributed by atoms with van der Waals surface area (Å²) in [6.45, 7) is 2.11. The van der Waals surface area contributed by atoms with Gasteiger partial charge in [0.15, 0.2) is 0 Å². The van der Waals surface area contributed by atoms with Gasteiger partial charge in [-0.15, -0.1) is 0 Å². The number of rotatable bonds is 1. The summed E-state index contributed by atoms with van der Waals surface area (Å²) >= 11 is 0. The Morgan fingerprint density at radius 3 is 2.30 bits per heavy atom. The van der Waals surface area contributed by atoms with Gasteiger partial charge >= 0.3 is 12.2 Å². The Balaban J connectivity index is 0.000000924. The standard InChI is InChI=1S/C13H11F4N3O.C2H6/c14-12(15)6-20(7-13(16,17)21-12)9-2-1-8-4-19-5-11(18)10(8)3-9;1-2/h1-5H,6-7,18H2;1-2H3. The third kappa shape index (κ3) is 3.82. The molecule has 3 rings (SSSR count). The topological polar surface area (TPSA) is 51.4 Å². The minimum absolute atomic E-state index is 0.225. The fourth-order valence-electron chi connectivity index (χ4n) is 2.34. The highest BCUT2D eigenvalue weighted by Crippen LogP contribution is 2.36. The van der Waals surface area contributed by atoms with Gasteiger partial charge in [-0.1, -0.05) is 19.9 Å². The molecule has 1 aliphatic heterocycles. The number of benzene rings is 1. The number of anilines is 2. The minimum atomic E-state index is -3.92. The number of aromatic nitrogens is 1. The van der Waals surface area contributed by atoms with E-state index in [2.05, 4.69) is 9.72 Å². The number of ether oxygens (including phenoxy) is 1. The first-order chi connectivity index (χ1) is 10.8. The number of morpholine rings is 1. The number of halogens is 4. The van der Waals surface area contributed by atoms with Gasteiger partial charge in [0.25, 0.3) is 0 Å². The second-order valence-electron chi connectivity index (χ2n) is 4.87. The number of alkyl halides is 4. The summed E-state index contributed by atoms with van der Waals surface area (Å²) in [5, 5.41) is 1.27. The van der Waals surface area contributed by atoms with Crippen molar-refractivity contribution in [2.45, 2.75) is 26.1 Å². The molecule has 8 heteroatoms. The van der Waals surface area contributed by atoms with Crippen LogP contribution in [0, 0.1) is 0 Å². The summed E-state index contributed by atoms with van der Waals surface area (Å²) in [4.78, 5) is 4.78. The van der Waals surface area contributed by atoms with Gasteiger partial charge in [0.2, 0.25) is 0 Å². The average molecular weight is 331 g/mol. The smallest absolute Gasteiger partial charge is 0.377 e. The lowest BCUT2D eigenvalue weighted by molar-refractivity contribution is -0.380. The zero-order chi connectivity index (χ0) is 17.3. The van der Waals surface area contributed by atoms with Gasteiger partial charge in [0.1, 0.15) is 13.1 Å². The summed E-state index contributed by atoms with van der Waals surface area (Å²) in [6, 6.07) is 4.56. The van der Waals surface area contributed by atoms with Gasteiger partial charge < -0.3 is 10.6 Å². The lowest BCUT2D eigenvalue weighted by Crippen LogP contribution is -2.55. The fourth-order valence-corrected chi connectivity index (χ4v) is 2.34. The zero-order valence-corrected chi connectivity index (χ0v) is 12.7. The van der Waals surface area contributed by atoms with Gasteiger partial charge in [-0.2, -0.15) is 17.6 Å². The van der Waals surface area contributed by atoms with Crippen LogP contribution in [-0.2, 0) is 4.74 Å². The van der Waals surface area contributed by atoms with Crippen molar-refractivity contribution in [1.82, 2.24) is 4.98 Å². The van der Waals surface area contributed by atoms with Crippen molar-refractivity contribution >= 4 is 22.1 Å². The molecule has 126 valence electrons. The lowest BCUT2D eigenvalue weighted by Gasteiger charge is -2.38. The molecular weight excluding hydrogens is 314 g/mol. The number of hydrogen-bond donors (Lipinski definition) is 1. The normalized spacial score (nSPS) is 19.1. The number of pyridine rings is 1.